The highest BCUT2D eigenvalue weighted by molar-refractivity contribution is 7.89. The molecule has 1 aliphatic heterocycles. The second-order valence-electron chi connectivity index (χ2n) is 5.72. The number of benzene rings is 1. The maximum absolute atomic E-state index is 13.0. The number of halogens is 2. The van der Waals surface area contributed by atoms with E-state index in [9.17, 15) is 8.42 Å². The van der Waals surface area contributed by atoms with E-state index in [0.29, 0.717) is 29.4 Å². The lowest BCUT2D eigenvalue weighted by Crippen LogP contribution is -2.44. The van der Waals surface area contributed by atoms with Crippen LogP contribution in [-0.4, -0.2) is 49.0 Å². The molecule has 0 spiro atoms. The van der Waals surface area contributed by atoms with E-state index in [-0.39, 0.29) is 29.3 Å². The predicted octanol–water partition coefficient (Wildman–Crippen LogP) is 3.02. The molecule has 0 bridgehead atoms. The van der Waals surface area contributed by atoms with Crippen molar-refractivity contribution in [2.45, 2.75) is 23.8 Å². The van der Waals surface area contributed by atoms with Crippen molar-refractivity contribution in [2.24, 2.45) is 0 Å². The first-order chi connectivity index (χ1) is 12.4. The van der Waals surface area contributed by atoms with Crippen LogP contribution in [0.1, 0.15) is 12.8 Å². The Morgan fingerprint density at radius 2 is 1.92 bits per heavy atom. The number of hydrogen-bond acceptors (Lipinski definition) is 6. The number of nitrogens with zero attached hydrogens (tertiary/aromatic N) is 3. The molecule has 140 valence electrons. The Hall–Kier alpha value is -1.61. The highest BCUT2D eigenvalue weighted by Crippen LogP contribution is 2.31. The smallest absolute Gasteiger partial charge is 0.316 e. The fourth-order valence-corrected chi connectivity index (χ4v) is 4.75. The lowest BCUT2D eigenvalue weighted by Gasteiger charge is -2.31. The molecule has 0 saturated carbocycles. The minimum absolute atomic E-state index is 0.0379. The number of methoxy groups -OCH3 is 1. The SMILES string of the molecule is COc1ccc(Cl)cc1S(=O)(=O)N1CCCC(Oc2ncc(Cl)cn2)C1. The summed E-state index contributed by atoms with van der Waals surface area (Å²) >= 11 is 11.7. The van der Waals surface area contributed by atoms with E-state index in [1.807, 2.05) is 0 Å². The number of ether oxygens (including phenoxy) is 2. The monoisotopic (exact) mass is 417 g/mol. The maximum Gasteiger partial charge on any atom is 0.316 e. The Kier molecular flexibility index (Phi) is 5.86. The summed E-state index contributed by atoms with van der Waals surface area (Å²) in [6.07, 6.45) is 3.85. The molecule has 10 heteroatoms. The van der Waals surface area contributed by atoms with Gasteiger partial charge in [-0.2, -0.15) is 4.31 Å². The third kappa shape index (κ3) is 4.20. The number of hydrogen-bond donors (Lipinski definition) is 0. The molecular weight excluding hydrogens is 401 g/mol. The van der Waals surface area contributed by atoms with Gasteiger partial charge < -0.3 is 9.47 Å². The van der Waals surface area contributed by atoms with Crippen molar-refractivity contribution in [1.29, 1.82) is 0 Å². The first-order valence-corrected chi connectivity index (χ1v) is 10.1. The van der Waals surface area contributed by atoms with E-state index in [0.717, 1.165) is 0 Å². The highest BCUT2D eigenvalue weighted by atomic mass is 35.5. The molecule has 0 radical (unpaired) electrons. The maximum atomic E-state index is 13.0. The second-order valence-corrected chi connectivity index (χ2v) is 8.50. The largest absolute Gasteiger partial charge is 0.495 e. The van der Waals surface area contributed by atoms with E-state index in [1.165, 1.54) is 35.9 Å². The van der Waals surface area contributed by atoms with Crippen LogP contribution in [0.15, 0.2) is 35.5 Å². The second kappa shape index (κ2) is 7.96. The van der Waals surface area contributed by atoms with Crippen LogP contribution in [0.25, 0.3) is 0 Å². The summed E-state index contributed by atoms with van der Waals surface area (Å²) < 4.78 is 38.3. The van der Waals surface area contributed by atoms with Crippen molar-refractivity contribution in [1.82, 2.24) is 14.3 Å². The van der Waals surface area contributed by atoms with Crippen LogP contribution < -0.4 is 9.47 Å². The lowest BCUT2D eigenvalue weighted by atomic mass is 10.1. The van der Waals surface area contributed by atoms with Gasteiger partial charge >= 0.3 is 6.01 Å². The molecule has 2 heterocycles. The van der Waals surface area contributed by atoms with E-state index in [1.54, 1.807) is 6.07 Å². The summed E-state index contributed by atoms with van der Waals surface area (Å²) in [5, 5.41) is 0.724. The topological polar surface area (TPSA) is 81.6 Å². The fourth-order valence-electron chi connectivity index (χ4n) is 2.72. The minimum Gasteiger partial charge on any atom is -0.495 e. The van der Waals surface area contributed by atoms with Gasteiger partial charge in [-0.25, -0.2) is 18.4 Å². The first-order valence-electron chi connectivity index (χ1n) is 7.88. The van der Waals surface area contributed by atoms with Gasteiger partial charge in [-0.15, -0.1) is 0 Å². The average Bonchev–Trinajstić information content (AvgIpc) is 2.64. The van der Waals surface area contributed by atoms with E-state index in [2.05, 4.69) is 9.97 Å². The van der Waals surface area contributed by atoms with Gasteiger partial charge in [-0.1, -0.05) is 23.2 Å². The minimum atomic E-state index is -3.78. The van der Waals surface area contributed by atoms with Gasteiger partial charge in [0.2, 0.25) is 10.0 Å². The van der Waals surface area contributed by atoms with Crippen molar-refractivity contribution in [3.8, 4) is 11.8 Å². The van der Waals surface area contributed by atoms with E-state index in [4.69, 9.17) is 32.7 Å². The van der Waals surface area contributed by atoms with Crippen LogP contribution in [0.4, 0.5) is 0 Å². The molecule has 1 aromatic heterocycles. The quantitative estimate of drug-likeness (QED) is 0.743. The van der Waals surface area contributed by atoms with E-state index < -0.39 is 10.0 Å². The zero-order valence-electron chi connectivity index (χ0n) is 13.9. The van der Waals surface area contributed by atoms with Crippen molar-refractivity contribution in [2.75, 3.05) is 20.2 Å². The third-order valence-corrected chi connectivity index (χ3v) is 6.27. The highest BCUT2D eigenvalue weighted by Gasteiger charge is 2.33. The molecule has 1 unspecified atom stereocenters. The Bertz CT molecular complexity index is 878. The number of rotatable bonds is 5. The zero-order chi connectivity index (χ0) is 18.7. The fraction of sp³-hybridized carbons (Fsp3) is 0.375. The van der Waals surface area contributed by atoms with Crippen molar-refractivity contribution >= 4 is 33.2 Å². The number of piperidine rings is 1. The molecule has 1 atom stereocenters. The molecule has 1 aromatic carbocycles. The Labute approximate surface area is 161 Å². The first kappa shape index (κ1) is 19.2. The Morgan fingerprint density at radius 1 is 1.19 bits per heavy atom. The van der Waals surface area contributed by atoms with Gasteiger partial charge in [-0.3, -0.25) is 0 Å². The van der Waals surface area contributed by atoms with Crippen molar-refractivity contribution in [3.05, 3.63) is 40.6 Å². The normalized spacial score (nSPS) is 18.5. The number of sulfonamides is 1. The molecular formula is C16H17Cl2N3O4S. The summed E-state index contributed by atoms with van der Waals surface area (Å²) in [4.78, 5) is 8.01. The van der Waals surface area contributed by atoms with E-state index >= 15 is 0 Å². The molecule has 26 heavy (non-hydrogen) atoms. The summed E-state index contributed by atoms with van der Waals surface area (Å²) in [6, 6.07) is 4.68. The molecule has 0 aliphatic carbocycles. The van der Waals surface area contributed by atoms with Crippen molar-refractivity contribution in [3.63, 3.8) is 0 Å². The summed E-state index contributed by atoms with van der Waals surface area (Å²) in [5.41, 5.74) is 0. The molecule has 1 saturated heterocycles. The summed E-state index contributed by atoms with van der Waals surface area (Å²) in [7, 11) is -2.36. The van der Waals surface area contributed by atoms with Crippen LogP contribution >= 0.6 is 23.2 Å². The van der Waals surface area contributed by atoms with Crippen LogP contribution in [0.3, 0.4) is 0 Å². The molecule has 0 amide bonds. The molecule has 7 nitrogen and oxygen atoms in total. The average molecular weight is 418 g/mol. The summed E-state index contributed by atoms with van der Waals surface area (Å²) in [5.74, 6) is 0.249. The van der Waals surface area contributed by atoms with Gasteiger partial charge in [0, 0.05) is 11.6 Å². The standard InChI is InChI=1S/C16H17Cl2N3O4S/c1-24-14-5-4-11(17)7-15(14)26(22,23)21-6-2-3-13(10-21)25-16-19-8-12(18)9-20-16/h4-5,7-9,13H,2-3,6,10H2,1H3. The van der Waals surface area contributed by atoms with Gasteiger partial charge in [0.05, 0.1) is 31.1 Å². The molecule has 2 aromatic rings. The third-order valence-electron chi connectivity index (χ3n) is 3.95. The van der Waals surface area contributed by atoms with Crippen LogP contribution in [0.2, 0.25) is 10.0 Å². The van der Waals surface area contributed by atoms with Gasteiger partial charge in [0.15, 0.2) is 0 Å². The van der Waals surface area contributed by atoms with Crippen LogP contribution in [0, 0.1) is 0 Å². The number of aromatic nitrogens is 2. The molecule has 3 rings (SSSR count). The molecule has 1 aliphatic rings. The van der Waals surface area contributed by atoms with Crippen LogP contribution in [-0.2, 0) is 10.0 Å². The molecule has 1 fully saturated rings. The predicted molar refractivity (Wildman–Crippen MR) is 97.5 cm³/mol. The Morgan fingerprint density at radius 3 is 2.62 bits per heavy atom. The van der Waals surface area contributed by atoms with Crippen LogP contribution in [0.5, 0.6) is 11.8 Å². The van der Waals surface area contributed by atoms with Crippen molar-refractivity contribution < 1.29 is 17.9 Å². The zero-order valence-corrected chi connectivity index (χ0v) is 16.3. The summed E-state index contributed by atoms with van der Waals surface area (Å²) in [6.45, 7) is 0.573. The van der Waals surface area contributed by atoms with Gasteiger partial charge in [-0.05, 0) is 31.0 Å². The van der Waals surface area contributed by atoms with Gasteiger partial charge in [0.1, 0.15) is 16.7 Å². The lowest BCUT2D eigenvalue weighted by molar-refractivity contribution is 0.119. The Balaban J connectivity index is 1.80. The van der Waals surface area contributed by atoms with Gasteiger partial charge in [0.25, 0.3) is 0 Å². The molecule has 0 N–H and O–H groups in total.